The average molecular weight is 416 g/mol. The van der Waals surface area contributed by atoms with Gasteiger partial charge in [0, 0.05) is 11.1 Å². The van der Waals surface area contributed by atoms with Crippen molar-refractivity contribution >= 4 is 46.9 Å². The van der Waals surface area contributed by atoms with Crippen LogP contribution >= 0.6 is 11.6 Å². The Morgan fingerprint density at radius 3 is 2.52 bits per heavy atom. The number of nitro benzene ring substituents is 1. The highest BCUT2D eigenvalue weighted by atomic mass is 35.5. The van der Waals surface area contributed by atoms with E-state index < -0.39 is 22.8 Å². The predicted octanol–water partition coefficient (Wildman–Crippen LogP) is 3.23. The van der Waals surface area contributed by atoms with E-state index in [9.17, 15) is 24.5 Å². The second-order valence-corrected chi connectivity index (χ2v) is 6.49. The molecule has 0 unspecified atom stereocenters. The minimum Gasteiger partial charge on any atom is -0.490 e. The zero-order chi connectivity index (χ0) is 21.3. The molecule has 1 fully saturated rings. The molecule has 1 saturated heterocycles. The number of aryl methyl sites for hydroxylation is 1. The summed E-state index contributed by atoms with van der Waals surface area (Å²) in [5.74, 6) is -1.76. The van der Waals surface area contributed by atoms with Crippen LogP contribution in [0.3, 0.4) is 0 Å². The molecule has 2 aromatic carbocycles. The molecular formula is C19H14ClN3O6. The first-order valence-corrected chi connectivity index (χ1v) is 8.60. The van der Waals surface area contributed by atoms with Crippen molar-refractivity contribution in [3.63, 3.8) is 0 Å². The van der Waals surface area contributed by atoms with Crippen LogP contribution in [0, 0.1) is 17.0 Å². The van der Waals surface area contributed by atoms with Crippen LogP contribution in [0.2, 0.25) is 5.02 Å². The van der Waals surface area contributed by atoms with Gasteiger partial charge in [-0.05, 0) is 42.3 Å². The Labute approximate surface area is 169 Å². The first kappa shape index (κ1) is 20.0. The summed E-state index contributed by atoms with van der Waals surface area (Å²) in [5, 5.41) is 13.6. The molecule has 4 amide bonds. The van der Waals surface area contributed by atoms with Gasteiger partial charge in [0.2, 0.25) is 0 Å². The molecule has 0 spiro atoms. The van der Waals surface area contributed by atoms with E-state index in [4.69, 9.17) is 16.3 Å². The number of ether oxygens (including phenoxy) is 1. The van der Waals surface area contributed by atoms with E-state index in [-0.39, 0.29) is 28.3 Å². The van der Waals surface area contributed by atoms with Gasteiger partial charge < -0.3 is 4.74 Å². The molecule has 10 heteroatoms. The maximum Gasteiger partial charge on any atom is 0.335 e. The summed E-state index contributed by atoms with van der Waals surface area (Å²) in [5.41, 5.74) is 0.455. The number of nitrogens with one attached hydrogen (secondary N) is 1. The number of anilines is 1. The maximum atomic E-state index is 12.9. The van der Waals surface area contributed by atoms with E-state index in [1.165, 1.54) is 37.5 Å². The number of methoxy groups -OCH3 is 1. The van der Waals surface area contributed by atoms with Gasteiger partial charge in [-0.15, -0.1) is 0 Å². The van der Waals surface area contributed by atoms with Crippen LogP contribution in [0.1, 0.15) is 11.1 Å². The number of hydrogen-bond donors (Lipinski definition) is 1. The molecule has 0 saturated carbocycles. The number of nitro groups is 1. The number of amides is 4. The number of benzene rings is 2. The molecule has 0 aliphatic carbocycles. The lowest BCUT2D eigenvalue weighted by molar-refractivity contribution is -0.385. The number of hydrogen-bond acceptors (Lipinski definition) is 6. The summed E-state index contributed by atoms with van der Waals surface area (Å²) in [7, 11) is 1.29. The molecule has 1 aliphatic rings. The smallest absolute Gasteiger partial charge is 0.335 e. The van der Waals surface area contributed by atoms with E-state index in [1.54, 1.807) is 13.0 Å². The van der Waals surface area contributed by atoms with Gasteiger partial charge in [0.05, 0.1) is 17.7 Å². The van der Waals surface area contributed by atoms with Crippen molar-refractivity contribution in [1.82, 2.24) is 5.32 Å². The van der Waals surface area contributed by atoms with E-state index in [0.717, 1.165) is 16.5 Å². The SMILES string of the molecule is COc1ccc(/C=C2/C(=O)NC(=O)N(c3ccc(C)c(Cl)c3)C2=O)cc1[N+](=O)[O-]. The Morgan fingerprint density at radius 2 is 1.90 bits per heavy atom. The summed E-state index contributed by atoms with van der Waals surface area (Å²) >= 11 is 6.07. The number of rotatable bonds is 4. The third kappa shape index (κ3) is 3.81. The molecule has 0 atom stereocenters. The highest BCUT2D eigenvalue weighted by molar-refractivity contribution is 6.39. The van der Waals surface area contributed by atoms with Gasteiger partial charge in [0.25, 0.3) is 11.8 Å². The van der Waals surface area contributed by atoms with Crippen molar-refractivity contribution in [3.05, 3.63) is 68.2 Å². The topological polar surface area (TPSA) is 119 Å². The lowest BCUT2D eigenvalue weighted by Gasteiger charge is -2.26. The Hall–Kier alpha value is -3.72. The summed E-state index contributed by atoms with van der Waals surface area (Å²) in [4.78, 5) is 48.6. The second kappa shape index (κ2) is 7.72. The van der Waals surface area contributed by atoms with Gasteiger partial charge in [0.15, 0.2) is 5.75 Å². The Morgan fingerprint density at radius 1 is 1.17 bits per heavy atom. The second-order valence-electron chi connectivity index (χ2n) is 6.08. The zero-order valence-electron chi connectivity index (χ0n) is 15.3. The van der Waals surface area contributed by atoms with Crippen molar-refractivity contribution in [3.8, 4) is 5.75 Å². The number of carbonyl (C=O) groups excluding carboxylic acids is 3. The van der Waals surface area contributed by atoms with Gasteiger partial charge in [-0.2, -0.15) is 0 Å². The van der Waals surface area contributed by atoms with E-state index >= 15 is 0 Å². The number of nitrogens with zero attached hydrogens (tertiary/aromatic N) is 2. The standard InChI is InChI=1S/C19H14ClN3O6/c1-10-3-5-12(9-14(10)20)22-18(25)13(17(24)21-19(22)26)7-11-4-6-16(29-2)15(8-11)23(27)28/h3-9H,1-2H3,(H,21,24,26)/b13-7-. The third-order valence-corrected chi connectivity index (χ3v) is 4.63. The van der Waals surface area contributed by atoms with Gasteiger partial charge >= 0.3 is 11.7 Å². The molecule has 3 rings (SSSR count). The first-order chi connectivity index (χ1) is 13.7. The number of urea groups is 1. The third-order valence-electron chi connectivity index (χ3n) is 4.23. The largest absolute Gasteiger partial charge is 0.490 e. The Kier molecular flexibility index (Phi) is 5.33. The highest BCUT2D eigenvalue weighted by Gasteiger charge is 2.37. The number of imide groups is 2. The van der Waals surface area contributed by atoms with E-state index in [0.29, 0.717) is 5.02 Å². The monoisotopic (exact) mass is 415 g/mol. The lowest BCUT2D eigenvalue weighted by atomic mass is 10.1. The lowest BCUT2D eigenvalue weighted by Crippen LogP contribution is -2.54. The van der Waals surface area contributed by atoms with Gasteiger partial charge in [0.1, 0.15) is 5.57 Å². The normalized spacial score (nSPS) is 15.5. The molecule has 2 aromatic rings. The highest BCUT2D eigenvalue weighted by Crippen LogP contribution is 2.30. The first-order valence-electron chi connectivity index (χ1n) is 8.23. The molecule has 1 heterocycles. The van der Waals surface area contributed by atoms with Crippen molar-refractivity contribution in [2.45, 2.75) is 6.92 Å². The van der Waals surface area contributed by atoms with E-state index in [2.05, 4.69) is 5.32 Å². The summed E-state index contributed by atoms with van der Waals surface area (Å²) in [6, 6.07) is 7.62. The van der Waals surface area contributed by atoms with Crippen LogP contribution in [0.25, 0.3) is 6.08 Å². The summed E-state index contributed by atoms with van der Waals surface area (Å²) < 4.78 is 4.93. The molecule has 9 nitrogen and oxygen atoms in total. The minimum atomic E-state index is -0.919. The van der Waals surface area contributed by atoms with Crippen LogP contribution in [-0.4, -0.2) is 29.9 Å². The van der Waals surface area contributed by atoms with Crippen LogP contribution in [0.4, 0.5) is 16.2 Å². The fourth-order valence-electron chi connectivity index (χ4n) is 2.72. The molecular weight excluding hydrogens is 402 g/mol. The fourth-order valence-corrected chi connectivity index (χ4v) is 2.89. The van der Waals surface area contributed by atoms with Crippen molar-refractivity contribution in [1.29, 1.82) is 0 Å². The predicted molar refractivity (Wildman–Crippen MR) is 105 cm³/mol. The average Bonchev–Trinajstić information content (AvgIpc) is 2.67. The summed E-state index contributed by atoms with van der Waals surface area (Å²) in [6.45, 7) is 1.76. The van der Waals surface area contributed by atoms with Gasteiger partial charge in [-0.25, -0.2) is 9.69 Å². The molecule has 1 aliphatic heterocycles. The van der Waals surface area contributed by atoms with E-state index in [1.807, 2.05) is 0 Å². The minimum absolute atomic E-state index is 0.0303. The molecule has 0 radical (unpaired) electrons. The number of halogens is 1. The van der Waals surface area contributed by atoms with Gasteiger partial charge in [-0.3, -0.25) is 25.0 Å². The summed E-state index contributed by atoms with van der Waals surface area (Å²) in [6.07, 6.45) is 1.17. The zero-order valence-corrected chi connectivity index (χ0v) is 16.0. The van der Waals surface area contributed by atoms with Crippen LogP contribution in [0.15, 0.2) is 42.0 Å². The maximum absolute atomic E-state index is 12.9. The number of carbonyl (C=O) groups is 3. The molecule has 148 valence electrons. The quantitative estimate of drug-likeness (QED) is 0.354. The Balaban J connectivity index is 2.04. The van der Waals surface area contributed by atoms with Crippen LogP contribution in [-0.2, 0) is 9.59 Å². The van der Waals surface area contributed by atoms with Crippen molar-refractivity contribution in [2.75, 3.05) is 12.0 Å². The number of barbiturate groups is 1. The fraction of sp³-hybridized carbons (Fsp3) is 0.105. The van der Waals surface area contributed by atoms with Crippen molar-refractivity contribution < 1.29 is 24.0 Å². The molecule has 1 N–H and O–H groups in total. The molecule has 0 bridgehead atoms. The van der Waals surface area contributed by atoms with Gasteiger partial charge in [-0.1, -0.05) is 23.7 Å². The Bertz CT molecular complexity index is 1100. The molecule has 0 aromatic heterocycles. The molecule has 29 heavy (non-hydrogen) atoms. The van der Waals surface area contributed by atoms with Crippen LogP contribution < -0.4 is 15.0 Å². The van der Waals surface area contributed by atoms with Crippen molar-refractivity contribution in [2.24, 2.45) is 0 Å². The van der Waals surface area contributed by atoms with Crippen LogP contribution in [0.5, 0.6) is 5.75 Å².